The molecule has 1 heterocycles. The van der Waals surface area contributed by atoms with Crippen molar-refractivity contribution < 1.29 is 14.6 Å². The van der Waals surface area contributed by atoms with Gasteiger partial charge in [0, 0.05) is 6.42 Å². The Morgan fingerprint density at radius 2 is 2.17 bits per heavy atom. The number of hydrogen-bond acceptors (Lipinski definition) is 3. The van der Waals surface area contributed by atoms with E-state index in [1.165, 1.54) is 0 Å². The zero-order valence-electron chi connectivity index (χ0n) is 7.68. The Morgan fingerprint density at radius 1 is 1.58 bits per heavy atom. The van der Waals surface area contributed by atoms with Crippen LogP contribution in [0.2, 0.25) is 0 Å². The SMILES string of the molecule is CC.CC#CC1(O)CCOC1=O. The molecule has 0 aromatic heterocycles. The summed E-state index contributed by atoms with van der Waals surface area (Å²) >= 11 is 0. The molecule has 0 radical (unpaired) electrons. The molecule has 68 valence electrons. The van der Waals surface area contributed by atoms with Gasteiger partial charge in [-0.3, -0.25) is 0 Å². The van der Waals surface area contributed by atoms with Crippen LogP contribution in [0.5, 0.6) is 0 Å². The summed E-state index contributed by atoms with van der Waals surface area (Å²) in [7, 11) is 0. The third-order valence-corrected chi connectivity index (χ3v) is 1.37. The van der Waals surface area contributed by atoms with Gasteiger partial charge >= 0.3 is 5.97 Å². The Labute approximate surface area is 72.7 Å². The van der Waals surface area contributed by atoms with Crippen molar-refractivity contribution in [2.45, 2.75) is 32.8 Å². The van der Waals surface area contributed by atoms with Crippen molar-refractivity contribution in [3.05, 3.63) is 0 Å². The molecule has 0 aromatic rings. The van der Waals surface area contributed by atoms with E-state index in [0.717, 1.165) is 0 Å². The number of ether oxygens (including phenoxy) is 1. The molecule has 1 atom stereocenters. The van der Waals surface area contributed by atoms with Crippen LogP contribution in [0.3, 0.4) is 0 Å². The zero-order valence-corrected chi connectivity index (χ0v) is 7.68. The molecule has 1 saturated heterocycles. The fourth-order valence-electron chi connectivity index (χ4n) is 0.833. The van der Waals surface area contributed by atoms with Crippen LogP contribution in [-0.2, 0) is 9.53 Å². The normalized spacial score (nSPS) is 26.2. The van der Waals surface area contributed by atoms with Gasteiger partial charge < -0.3 is 9.84 Å². The lowest BCUT2D eigenvalue weighted by Crippen LogP contribution is -2.31. The summed E-state index contributed by atoms with van der Waals surface area (Å²) in [6.45, 7) is 5.84. The van der Waals surface area contributed by atoms with E-state index in [1.807, 2.05) is 13.8 Å². The summed E-state index contributed by atoms with van der Waals surface area (Å²) in [5.74, 6) is 4.26. The molecular weight excluding hydrogens is 156 g/mol. The molecule has 0 aliphatic carbocycles. The minimum absolute atomic E-state index is 0.268. The Bertz CT molecular complexity index is 212. The fourth-order valence-corrected chi connectivity index (χ4v) is 0.833. The minimum Gasteiger partial charge on any atom is -0.463 e. The van der Waals surface area contributed by atoms with E-state index in [9.17, 15) is 9.90 Å². The van der Waals surface area contributed by atoms with E-state index < -0.39 is 11.6 Å². The van der Waals surface area contributed by atoms with Crippen molar-refractivity contribution in [1.82, 2.24) is 0 Å². The molecule has 3 heteroatoms. The van der Waals surface area contributed by atoms with Crippen LogP contribution in [0.1, 0.15) is 27.2 Å². The van der Waals surface area contributed by atoms with Gasteiger partial charge in [-0.1, -0.05) is 19.8 Å². The topological polar surface area (TPSA) is 46.5 Å². The molecule has 1 rings (SSSR count). The lowest BCUT2D eigenvalue weighted by Gasteiger charge is -2.06. The van der Waals surface area contributed by atoms with Gasteiger partial charge in [0.25, 0.3) is 0 Å². The van der Waals surface area contributed by atoms with Gasteiger partial charge in [-0.15, -0.1) is 5.92 Å². The molecule has 0 bridgehead atoms. The van der Waals surface area contributed by atoms with E-state index in [0.29, 0.717) is 0 Å². The highest BCUT2D eigenvalue weighted by Gasteiger charge is 2.40. The monoisotopic (exact) mass is 170 g/mol. The van der Waals surface area contributed by atoms with Crippen LogP contribution >= 0.6 is 0 Å². The standard InChI is InChI=1S/C7H8O3.C2H6/c1-2-3-7(9)4-5-10-6(7)8;1-2/h9H,4-5H2,1H3;1-2H3. The number of carbonyl (C=O) groups excluding carboxylic acids is 1. The van der Waals surface area contributed by atoms with Gasteiger partial charge in [0.05, 0.1) is 6.61 Å². The largest absolute Gasteiger partial charge is 0.463 e. The lowest BCUT2D eigenvalue weighted by molar-refractivity contribution is -0.148. The van der Waals surface area contributed by atoms with Crippen molar-refractivity contribution in [1.29, 1.82) is 0 Å². The second kappa shape index (κ2) is 4.78. The Morgan fingerprint density at radius 3 is 2.50 bits per heavy atom. The molecule has 1 unspecified atom stereocenters. The number of cyclic esters (lactones) is 1. The summed E-state index contributed by atoms with van der Waals surface area (Å²) in [6, 6.07) is 0. The second-order valence-corrected chi connectivity index (χ2v) is 2.12. The average molecular weight is 170 g/mol. The number of rotatable bonds is 0. The number of carbonyl (C=O) groups is 1. The van der Waals surface area contributed by atoms with Crippen LogP contribution in [0.4, 0.5) is 0 Å². The van der Waals surface area contributed by atoms with E-state index >= 15 is 0 Å². The van der Waals surface area contributed by atoms with Crippen molar-refractivity contribution in [3.63, 3.8) is 0 Å². The number of esters is 1. The van der Waals surface area contributed by atoms with Crippen molar-refractivity contribution in [3.8, 4) is 11.8 Å². The van der Waals surface area contributed by atoms with E-state index in [1.54, 1.807) is 6.92 Å². The average Bonchev–Trinajstić information content (AvgIpc) is 2.37. The predicted molar refractivity (Wildman–Crippen MR) is 45.3 cm³/mol. The highest BCUT2D eigenvalue weighted by Crippen LogP contribution is 2.18. The third kappa shape index (κ3) is 2.24. The molecule has 12 heavy (non-hydrogen) atoms. The maximum atomic E-state index is 10.7. The van der Waals surface area contributed by atoms with Gasteiger partial charge in [0.2, 0.25) is 5.60 Å². The molecular formula is C9H14O3. The molecule has 1 N–H and O–H groups in total. The summed E-state index contributed by atoms with van der Waals surface area (Å²) < 4.78 is 4.53. The van der Waals surface area contributed by atoms with Crippen LogP contribution in [0.15, 0.2) is 0 Å². The van der Waals surface area contributed by atoms with Gasteiger partial charge in [0.15, 0.2) is 0 Å². The summed E-state index contributed by atoms with van der Waals surface area (Å²) in [4.78, 5) is 10.7. The van der Waals surface area contributed by atoms with E-state index in [2.05, 4.69) is 16.6 Å². The summed E-state index contributed by atoms with van der Waals surface area (Å²) in [5.41, 5.74) is -1.52. The Balaban J connectivity index is 0.000000561. The highest BCUT2D eigenvalue weighted by molar-refractivity contribution is 5.84. The molecule has 0 aromatic carbocycles. The van der Waals surface area contributed by atoms with Crippen molar-refractivity contribution in [2.24, 2.45) is 0 Å². The molecule has 1 aliphatic heterocycles. The van der Waals surface area contributed by atoms with Gasteiger partial charge in [0.1, 0.15) is 0 Å². The van der Waals surface area contributed by atoms with Crippen molar-refractivity contribution in [2.75, 3.05) is 6.61 Å². The quantitative estimate of drug-likeness (QED) is 0.430. The van der Waals surface area contributed by atoms with Gasteiger partial charge in [-0.2, -0.15) is 0 Å². The maximum absolute atomic E-state index is 10.7. The lowest BCUT2D eigenvalue weighted by atomic mass is 10.0. The first kappa shape index (κ1) is 11.0. The first-order valence-corrected chi connectivity index (χ1v) is 4.02. The highest BCUT2D eigenvalue weighted by atomic mass is 16.6. The molecule has 1 fully saturated rings. The first-order chi connectivity index (χ1) is 5.69. The maximum Gasteiger partial charge on any atom is 0.351 e. The van der Waals surface area contributed by atoms with Crippen molar-refractivity contribution >= 4 is 5.97 Å². The molecule has 0 spiro atoms. The predicted octanol–water partition coefficient (Wildman–Crippen LogP) is 0.714. The Hall–Kier alpha value is -1.01. The fraction of sp³-hybridized carbons (Fsp3) is 0.667. The minimum atomic E-state index is -1.52. The van der Waals surface area contributed by atoms with Gasteiger partial charge in [-0.05, 0) is 6.92 Å². The third-order valence-electron chi connectivity index (χ3n) is 1.37. The number of aliphatic hydroxyl groups is 1. The second-order valence-electron chi connectivity index (χ2n) is 2.12. The van der Waals surface area contributed by atoms with E-state index in [4.69, 9.17) is 0 Å². The molecule has 1 aliphatic rings. The Kier molecular flexibility index (Phi) is 4.38. The molecule has 3 nitrogen and oxygen atoms in total. The first-order valence-electron chi connectivity index (χ1n) is 4.02. The van der Waals surface area contributed by atoms with Crippen LogP contribution in [-0.4, -0.2) is 23.3 Å². The van der Waals surface area contributed by atoms with Crippen LogP contribution in [0, 0.1) is 11.8 Å². The summed E-state index contributed by atoms with van der Waals surface area (Å²) in [6.07, 6.45) is 0.284. The number of hydrogen-bond donors (Lipinski definition) is 1. The molecule has 0 saturated carbocycles. The van der Waals surface area contributed by atoms with E-state index in [-0.39, 0.29) is 13.0 Å². The summed E-state index contributed by atoms with van der Waals surface area (Å²) in [5, 5.41) is 9.31. The van der Waals surface area contributed by atoms with Crippen LogP contribution < -0.4 is 0 Å². The smallest absolute Gasteiger partial charge is 0.351 e. The molecule has 0 amide bonds. The van der Waals surface area contributed by atoms with Gasteiger partial charge in [-0.25, -0.2) is 4.79 Å². The van der Waals surface area contributed by atoms with Crippen LogP contribution in [0.25, 0.3) is 0 Å². The zero-order chi connectivity index (χ0) is 9.61.